The van der Waals surface area contributed by atoms with Crippen molar-refractivity contribution in [3.63, 3.8) is 0 Å². The highest BCUT2D eigenvalue weighted by molar-refractivity contribution is 6.06. The average Bonchev–Trinajstić information content (AvgIpc) is 2.66. The van der Waals surface area contributed by atoms with Crippen LogP contribution in [0.5, 0.6) is 11.5 Å². The summed E-state index contributed by atoms with van der Waals surface area (Å²) in [7, 11) is 0. The van der Waals surface area contributed by atoms with E-state index < -0.39 is 11.7 Å². The molecule has 6 heteroatoms. The first kappa shape index (κ1) is 19.1. The Balaban J connectivity index is 1.83. The molecule has 0 aliphatic rings. The zero-order valence-corrected chi connectivity index (χ0v) is 15.5. The lowest BCUT2D eigenvalue weighted by atomic mass is 10.1. The summed E-state index contributed by atoms with van der Waals surface area (Å²) in [5.74, 6) is -0.604. The van der Waals surface area contributed by atoms with E-state index in [1.807, 2.05) is 31.2 Å². The number of amides is 2. The quantitative estimate of drug-likeness (QED) is 0.646. The topological polar surface area (TPSA) is 67.4 Å². The summed E-state index contributed by atoms with van der Waals surface area (Å²) >= 11 is 0. The smallest absolute Gasteiger partial charge is 0.258 e. The Morgan fingerprint density at radius 1 is 0.929 bits per heavy atom. The lowest BCUT2D eigenvalue weighted by Gasteiger charge is -2.13. The first-order valence-electron chi connectivity index (χ1n) is 8.64. The van der Waals surface area contributed by atoms with Gasteiger partial charge in [0.15, 0.2) is 5.75 Å². The van der Waals surface area contributed by atoms with Crippen LogP contribution in [0.1, 0.15) is 22.8 Å². The highest BCUT2D eigenvalue weighted by Crippen LogP contribution is 2.30. The number of rotatable bonds is 5. The van der Waals surface area contributed by atoms with Crippen molar-refractivity contribution in [3.05, 3.63) is 83.7 Å². The van der Waals surface area contributed by atoms with E-state index >= 15 is 0 Å². The fourth-order valence-corrected chi connectivity index (χ4v) is 2.56. The molecular formula is C22H19FN2O3. The number of aryl methyl sites for hydroxylation is 1. The fourth-order valence-electron chi connectivity index (χ4n) is 2.56. The summed E-state index contributed by atoms with van der Waals surface area (Å²) in [5, 5.41) is 5.19. The Hall–Kier alpha value is -3.67. The standard InChI is InChI=1S/C22H19FN2O3/c1-14-7-10-17(11-8-14)28-21-6-4-3-5-20(21)25-22(27)18-13-16(24-15(2)26)9-12-19(18)23/h3-13H,1-2H3,(H,24,26)(H,25,27). The van der Waals surface area contributed by atoms with Crippen LogP contribution in [0.3, 0.4) is 0 Å². The van der Waals surface area contributed by atoms with Crippen LogP contribution in [-0.4, -0.2) is 11.8 Å². The van der Waals surface area contributed by atoms with Gasteiger partial charge in [-0.3, -0.25) is 9.59 Å². The second kappa shape index (κ2) is 8.35. The van der Waals surface area contributed by atoms with E-state index in [1.165, 1.54) is 19.1 Å². The number of hydrogen-bond donors (Lipinski definition) is 2. The summed E-state index contributed by atoms with van der Waals surface area (Å²) in [5.41, 5.74) is 1.65. The Morgan fingerprint density at radius 3 is 2.36 bits per heavy atom. The minimum Gasteiger partial charge on any atom is -0.455 e. The number of ether oxygens (including phenoxy) is 1. The molecule has 0 unspecified atom stereocenters. The van der Waals surface area contributed by atoms with Gasteiger partial charge in [-0.05, 0) is 49.4 Å². The van der Waals surface area contributed by atoms with Gasteiger partial charge >= 0.3 is 0 Å². The van der Waals surface area contributed by atoms with Crippen LogP contribution in [0.25, 0.3) is 0 Å². The summed E-state index contributed by atoms with van der Waals surface area (Å²) in [6.07, 6.45) is 0. The first-order valence-corrected chi connectivity index (χ1v) is 8.64. The molecule has 0 bridgehead atoms. The number of halogens is 1. The highest BCUT2D eigenvalue weighted by Gasteiger charge is 2.15. The average molecular weight is 378 g/mol. The third-order valence-electron chi connectivity index (χ3n) is 3.92. The monoisotopic (exact) mass is 378 g/mol. The SMILES string of the molecule is CC(=O)Nc1ccc(F)c(C(=O)Nc2ccccc2Oc2ccc(C)cc2)c1. The number of carbonyl (C=O) groups excluding carboxylic acids is 2. The molecular weight excluding hydrogens is 359 g/mol. The molecule has 0 aliphatic heterocycles. The lowest BCUT2D eigenvalue weighted by molar-refractivity contribution is -0.114. The Labute approximate surface area is 162 Å². The third kappa shape index (κ3) is 4.73. The van der Waals surface area contributed by atoms with Crippen molar-refractivity contribution in [2.45, 2.75) is 13.8 Å². The highest BCUT2D eigenvalue weighted by atomic mass is 19.1. The van der Waals surface area contributed by atoms with Gasteiger partial charge in [0.05, 0.1) is 11.3 Å². The van der Waals surface area contributed by atoms with Crippen LogP contribution >= 0.6 is 0 Å². The van der Waals surface area contributed by atoms with Gasteiger partial charge in [-0.2, -0.15) is 0 Å². The third-order valence-corrected chi connectivity index (χ3v) is 3.92. The minimum atomic E-state index is -0.691. The Morgan fingerprint density at radius 2 is 1.64 bits per heavy atom. The van der Waals surface area contributed by atoms with Crippen molar-refractivity contribution in [2.75, 3.05) is 10.6 Å². The largest absolute Gasteiger partial charge is 0.455 e. The molecule has 3 aromatic carbocycles. The molecule has 2 amide bonds. The van der Waals surface area contributed by atoms with E-state index in [1.54, 1.807) is 24.3 Å². The molecule has 0 spiro atoms. The zero-order chi connectivity index (χ0) is 20.1. The number of carbonyl (C=O) groups is 2. The molecule has 0 saturated carbocycles. The fraction of sp³-hybridized carbons (Fsp3) is 0.0909. The molecule has 0 heterocycles. The predicted octanol–water partition coefficient (Wildman–Crippen LogP) is 5.14. The molecule has 142 valence electrons. The molecule has 0 saturated heterocycles. The molecule has 28 heavy (non-hydrogen) atoms. The zero-order valence-electron chi connectivity index (χ0n) is 15.5. The normalized spacial score (nSPS) is 10.2. The van der Waals surface area contributed by atoms with E-state index in [0.29, 0.717) is 22.9 Å². The summed E-state index contributed by atoms with van der Waals surface area (Å²) in [6.45, 7) is 3.31. The van der Waals surface area contributed by atoms with Gasteiger partial charge in [0.1, 0.15) is 11.6 Å². The van der Waals surface area contributed by atoms with Crippen molar-refractivity contribution in [1.29, 1.82) is 0 Å². The van der Waals surface area contributed by atoms with Gasteiger partial charge in [0.2, 0.25) is 5.91 Å². The molecule has 0 atom stereocenters. The van der Waals surface area contributed by atoms with Crippen molar-refractivity contribution in [1.82, 2.24) is 0 Å². The van der Waals surface area contributed by atoms with Crippen LogP contribution in [-0.2, 0) is 4.79 Å². The number of hydrogen-bond acceptors (Lipinski definition) is 3. The summed E-state index contributed by atoms with van der Waals surface area (Å²) in [6, 6.07) is 18.2. The first-order chi connectivity index (χ1) is 13.4. The Kier molecular flexibility index (Phi) is 5.69. The molecule has 3 rings (SSSR count). The number of nitrogens with one attached hydrogen (secondary N) is 2. The van der Waals surface area contributed by atoms with E-state index in [2.05, 4.69) is 10.6 Å². The number of anilines is 2. The van der Waals surface area contributed by atoms with E-state index in [0.717, 1.165) is 11.6 Å². The van der Waals surface area contributed by atoms with Gasteiger partial charge in [-0.1, -0.05) is 29.8 Å². The van der Waals surface area contributed by atoms with Crippen molar-refractivity contribution in [2.24, 2.45) is 0 Å². The van der Waals surface area contributed by atoms with E-state index in [4.69, 9.17) is 4.74 Å². The molecule has 0 fully saturated rings. The van der Waals surface area contributed by atoms with Crippen molar-refractivity contribution >= 4 is 23.2 Å². The van der Waals surface area contributed by atoms with Gasteiger partial charge < -0.3 is 15.4 Å². The van der Waals surface area contributed by atoms with Crippen molar-refractivity contribution < 1.29 is 18.7 Å². The van der Waals surface area contributed by atoms with Crippen LogP contribution in [0.15, 0.2) is 66.7 Å². The Bertz CT molecular complexity index is 1020. The van der Waals surface area contributed by atoms with Gasteiger partial charge in [0, 0.05) is 12.6 Å². The van der Waals surface area contributed by atoms with Crippen molar-refractivity contribution in [3.8, 4) is 11.5 Å². The molecule has 2 N–H and O–H groups in total. The second-order valence-corrected chi connectivity index (χ2v) is 6.24. The van der Waals surface area contributed by atoms with E-state index in [-0.39, 0.29) is 11.5 Å². The molecule has 5 nitrogen and oxygen atoms in total. The lowest BCUT2D eigenvalue weighted by Crippen LogP contribution is -2.15. The molecule has 0 aromatic heterocycles. The van der Waals surface area contributed by atoms with Gasteiger partial charge in [0.25, 0.3) is 5.91 Å². The minimum absolute atomic E-state index is 0.184. The summed E-state index contributed by atoms with van der Waals surface area (Å²) in [4.78, 5) is 23.8. The van der Waals surface area contributed by atoms with Crippen LogP contribution in [0.4, 0.5) is 15.8 Å². The maximum atomic E-state index is 14.1. The maximum Gasteiger partial charge on any atom is 0.258 e. The predicted molar refractivity (Wildman–Crippen MR) is 106 cm³/mol. The van der Waals surface area contributed by atoms with Gasteiger partial charge in [-0.25, -0.2) is 4.39 Å². The van der Waals surface area contributed by atoms with E-state index in [9.17, 15) is 14.0 Å². The van der Waals surface area contributed by atoms with Crippen LogP contribution < -0.4 is 15.4 Å². The number of para-hydroxylation sites is 2. The van der Waals surface area contributed by atoms with Gasteiger partial charge in [-0.15, -0.1) is 0 Å². The number of benzene rings is 3. The molecule has 0 aliphatic carbocycles. The maximum absolute atomic E-state index is 14.1. The summed E-state index contributed by atoms with van der Waals surface area (Å²) < 4.78 is 20.0. The van der Waals surface area contributed by atoms with Crippen LogP contribution in [0.2, 0.25) is 0 Å². The van der Waals surface area contributed by atoms with Crippen LogP contribution in [0, 0.1) is 12.7 Å². The molecule has 0 radical (unpaired) electrons. The second-order valence-electron chi connectivity index (χ2n) is 6.24. The molecule has 3 aromatic rings.